The molecule has 2 rings (SSSR count). The van der Waals surface area contributed by atoms with Gasteiger partial charge in [0.2, 0.25) is 0 Å². The lowest BCUT2D eigenvalue weighted by Crippen LogP contribution is -2.14. The summed E-state index contributed by atoms with van der Waals surface area (Å²) >= 11 is 3.66. The van der Waals surface area contributed by atoms with Crippen LogP contribution in [0.1, 0.15) is 49.3 Å². The van der Waals surface area contributed by atoms with Gasteiger partial charge in [0.25, 0.3) is 0 Å². The molecule has 0 amide bonds. The molecule has 0 radical (unpaired) electrons. The van der Waals surface area contributed by atoms with E-state index in [0.717, 1.165) is 10.9 Å². The third-order valence-electron chi connectivity index (χ3n) is 3.53. The van der Waals surface area contributed by atoms with E-state index in [0.29, 0.717) is 0 Å². The molecule has 1 aliphatic rings. The predicted octanol–water partition coefficient (Wildman–Crippen LogP) is 4.65. The van der Waals surface area contributed by atoms with Gasteiger partial charge >= 0.3 is 0 Å². The molecule has 0 heterocycles. The van der Waals surface area contributed by atoms with Crippen LogP contribution in [0.4, 0.5) is 0 Å². The number of allylic oxidation sites excluding steroid dienone is 1. The Morgan fingerprint density at radius 3 is 2.88 bits per heavy atom. The Morgan fingerprint density at radius 1 is 1.24 bits per heavy atom. The van der Waals surface area contributed by atoms with Gasteiger partial charge in [0.05, 0.1) is 6.04 Å². The normalized spacial score (nSPS) is 18.4. The number of halogens is 1. The van der Waals surface area contributed by atoms with E-state index in [1.54, 1.807) is 0 Å². The van der Waals surface area contributed by atoms with E-state index in [1.165, 1.54) is 42.4 Å². The van der Waals surface area contributed by atoms with Crippen LogP contribution in [-0.4, -0.2) is 0 Å². The molecule has 1 unspecified atom stereocenters. The standard InChI is InChI=1S/C15H20BrN/c1-11-7-6-10-13(14(11)16)15(17)12-8-4-2-3-5-9-12/h6-8,10,15H,2-5,9,17H2,1H3. The predicted molar refractivity (Wildman–Crippen MR) is 77.0 cm³/mol. The number of nitrogens with two attached hydrogens (primary N) is 1. The van der Waals surface area contributed by atoms with Crippen LogP contribution in [0.3, 0.4) is 0 Å². The molecule has 1 aromatic rings. The van der Waals surface area contributed by atoms with Gasteiger partial charge in [-0.2, -0.15) is 0 Å². The Balaban J connectivity index is 2.26. The molecule has 0 fully saturated rings. The summed E-state index contributed by atoms with van der Waals surface area (Å²) in [4.78, 5) is 0. The van der Waals surface area contributed by atoms with Crippen molar-refractivity contribution in [3.05, 3.63) is 45.4 Å². The molecule has 1 aliphatic carbocycles. The summed E-state index contributed by atoms with van der Waals surface area (Å²) in [7, 11) is 0. The summed E-state index contributed by atoms with van der Waals surface area (Å²) in [5, 5.41) is 0. The monoisotopic (exact) mass is 293 g/mol. The Kier molecular flexibility index (Phi) is 4.41. The van der Waals surface area contributed by atoms with Gasteiger partial charge < -0.3 is 5.73 Å². The molecule has 1 atom stereocenters. The van der Waals surface area contributed by atoms with Crippen molar-refractivity contribution in [1.82, 2.24) is 0 Å². The van der Waals surface area contributed by atoms with Crippen LogP contribution < -0.4 is 5.73 Å². The zero-order valence-corrected chi connectivity index (χ0v) is 12.0. The van der Waals surface area contributed by atoms with Crippen LogP contribution in [-0.2, 0) is 0 Å². The molecular formula is C15H20BrN. The van der Waals surface area contributed by atoms with Gasteiger partial charge in [0.15, 0.2) is 0 Å². The van der Waals surface area contributed by atoms with E-state index < -0.39 is 0 Å². The molecule has 17 heavy (non-hydrogen) atoms. The van der Waals surface area contributed by atoms with Crippen LogP contribution in [0.2, 0.25) is 0 Å². The summed E-state index contributed by atoms with van der Waals surface area (Å²) in [6.45, 7) is 2.11. The fourth-order valence-electron chi connectivity index (χ4n) is 2.43. The van der Waals surface area contributed by atoms with Crippen LogP contribution in [0.15, 0.2) is 34.3 Å². The van der Waals surface area contributed by atoms with Crippen molar-refractivity contribution in [2.45, 2.75) is 45.1 Å². The second-order valence-corrected chi connectivity index (χ2v) is 5.63. The van der Waals surface area contributed by atoms with Gasteiger partial charge in [-0.1, -0.05) is 52.2 Å². The van der Waals surface area contributed by atoms with Crippen molar-refractivity contribution < 1.29 is 0 Å². The summed E-state index contributed by atoms with van der Waals surface area (Å²) in [6.07, 6.45) is 8.62. The minimum absolute atomic E-state index is 0.0578. The van der Waals surface area contributed by atoms with Gasteiger partial charge in [-0.05, 0) is 43.7 Å². The second-order valence-electron chi connectivity index (χ2n) is 4.83. The van der Waals surface area contributed by atoms with Gasteiger partial charge in [0.1, 0.15) is 0 Å². The van der Waals surface area contributed by atoms with Crippen LogP contribution in [0.5, 0.6) is 0 Å². The van der Waals surface area contributed by atoms with Crippen LogP contribution in [0.25, 0.3) is 0 Å². The highest BCUT2D eigenvalue weighted by Crippen LogP contribution is 2.32. The van der Waals surface area contributed by atoms with Crippen molar-refractivity contribution >= 4 is 15.9 Å². The number of aryl methyl sites for hydroxylation is 1. The maximum Gasteiger partial charge on any atom is 0.0522 e. The molecular weight excluding hydrogens is 274 g/mol. The average molecular weight is 294 g/mol. The molecule has 1 aromatic carbocycles. The fraction of sp³-hybridized carbons (Fsp3) is 0.467. The Bertz CT molecular complexity index is 423. The molecule has 0 saturated carbocycles. The first-order valence-electron chi connectivity index (χ1n) is 6.39. The van der Waals surface area contributed by atoms with Crippen LogP contribution in [0, 0.1) is 6.92 Å². The maximum atomic E-state index is 6.41. The lowest BCUT2D eigenvalue weighted by Gasteiger charge is -2.18. The lowest BCUT2D eigenvalue weighted by molar-refractivity contribution is 0.687. The minimum atomic E-state index is 0.0578. The third kappa shape index (κ3) is 2.99. The molecule has 0 bridgehead atoms. The zero-order chi connectivity index (χ0) is 12.3. The lowest BCUT2D eigenvalue weighted by atomic mass is 9.95. The third-order valence-corrected chi connectivity index (χ3v) is 4.62. The number of hydrogen-bond donors (Lipinski definition) is 1. The quantitative estimate of drug-likeness (QED) is 0.790. The van der Waals surface area contributed by atoms with E-state index in [-0.39, 0.29) is 6.04 Å². The number of hydrogen-bond acceptors (Lipinski definition) is 1. The fourth-order valence-corrected chi connectivity index (χ4v) is 2.94. The Morgan fingerprint density at radius 2 is 2.06 bits per heavy atom. The summed E-state index contributed by atoms with van der Waals surface area (Å²) in [5.74, 6) is 0. The molecule has 1 nitrogen and oxygen atoms in total. The molecule has 2 N–H and O–H groups in total. The SMILES string of the molecule is Cc1cccc(C(N)C2=CCCCCC2)c1Br. The van der Waals surface area contributed by atoms with Crippen molar-refractivity contribution in [2.24, 2.45) is 5.73 Å². The topological polar surface area (TPSA) is 26.0 Å². The van der Waals surface area contributed by atoms with E-state index in [4.69, 9.17) is 5.73 Å². The van der Waals surface area contributed by atoms with Crippen molar-refractivity contribution in [2.75, 3.05) is 0 Å². The van der Waals surface area contributed by atoms with Gasteiger partial charge in [0, 0.05) is 4.47 Å². The summed E-state index contributed by atoms with van der Waals surface area (Å²) < 4.78 is 1.16. The first-order chi connectivity index (χ1) is 8.20. The highest BCUT2D eigenvalue weighted by molar-refractivity contribution is 9.10. The second kappa shape index (κ2) is 5.83. The van der Waals surface area contributed by atoms with E-state index in [9.17, 15) is 0 Å². The van der Waals surface area contributed by atoms with Gasteiger partial charge in [-0.15, -0.1) is 0 Å². The maximum absolute atomic E-state index is 6.41. The van der Waals surface area contributed by atoms with Gasteiger partial charge in [-0.25, -0.2) is 0 Å². The minimum Gasteiger partial charge on any atom is -0.321 e. The van der Waals surface area contributed by atoms with Crippen LogP contribution >= 0.6 is 15.9 Å². The molecule has 0 aromatic heterocycles. The average Bonchev–Trinajstić information content (AvgIpc) is 2.60. The summed E-state index contributed by atoms with van der Waals surface area (Å²) in [6, 6.07) is 6.39. The Hall–Kier alpha value is -0.600. The van der Waals surface area contributed by atoms with Crippen molar-refractivity contribution in [3.63, 3.8) is 0 Å². The molecule has 92 valence electrons. The largest absolute Gasteiger partial charge is 0.321 e. The molecule has 2 heteroatoms. The molecule has 0 spiro atoms. The van der Waals surface area contributed by atoms with E-state index >= 15 is 0 Å². The van der Waals surface area contributed by atoms with E-state index in [1.807, 2.05) is 0 Å². The smallest absolute Gasteiger partial charge is 0.0522 e. The first-order valence-corrected chi connectivity index (χ1v) is 7.19. The Labute approximate surface area is 112 Å². The molecule has 0 aliphatic heterocycles. The molecule has 0 saturated heterocycles. The first kappa shape index (κ1) is 12.8. The van der Waals surface area contributed by atoms with Crippen molar-refractivity contribution in [1.29, 1.82) is 0 Å². The van der Waals surface area contributed by atoms with E-state index in [2.05, 4.69) is 47.1 Å². The highest BCUT2D eigenvalue weighted by atomic mass is 79.9. The van der Waals surface area contributed by atoms with Gasteiger partial charge in [-0.3, -0.25) is 0 Å². The number of benzene rings is 1. The summed E-state index contributed by atoms with van der Waals surface area (Å²) in [5.41, 5.74) is 10.3. The number of rotatable bonds is 2. The van der Waals surface area contributed by atoms with Crippen molar-refractivity contribution in [3.8, 4) is 0 Å². The highest BCUT2D eigenvalue weighted by Gasteiger charge is 2.16. The zero-order valence-electron chi connectivity index (χ0n) is 10.4.